The molecule has 0 bridgehead atoms. The van der Waals surface area contributed by atoms with Crippen LogP contribution in [-0.4, -0.2) is 42.7 Å². The summed E-state index contributed by atoms with van der Waals surface area (Å²) in [5.74, 6) is -0.397. The lowest BCUT2D eigenvalue weighted by molar-refractivity contribution is -0.142. The van der Waals surface area contributed by atoms with Crippen molar-refractivity contribution >= 4 is 49.8 Å². The smallest absolute Gasteiger partial charge is 0.311 e. The number of ether oxygens (including phenoxy) is 1. The zero-order valence-corrected chi connectivity index (χ0v) is 22.4. The van der Waals surface area contributed by atoms with Gasteiger partial charge in [0.2, 0.25) is 0 Å². The Labute approximate surface area is 214 Å². The molecule has 0 spiro atoms. The molecule has 0 unspecified atom stereocenters. The first kappa shape index (κ1) is 26.9. The monoisotopic (exact) mass is 537 g/mol. The van der Waals surface area contributed by atoms with Gasteiger partial charge in [-0.2, -0.15) is 0 Å². The van der Waals surface area contributed by atoms with E-state index in [0.29, 0.717) is 28.2 Å². The second-order valence-electron chi connectivity index (χ2n) is 8.55. The highest BCUT2D eigenvalue weighted by Crippen LogP contribution is 2.29. The maximum absolute atomic E-state index is 13.2. The van der Waals surface area contributed by atoms with Crippen molar-refractivity contribution in [3.05, 3.63) is 63.4 Å². The van der Waals surface area contributed by atoms with E-state index in [0.717, 1.165) is 35.1 Å². The number of rotatable bonds is 10. The summed E-state index contributed by atoms with van der Waals surface area (Å²) < 4.78 is 30.6. The molecule has 8 nitrogen and oxygen atoms in total. The van der Waals surface area contributed by atoms with Gasteiger partial charge in [0.1, 0.15) is 10.0 Å². The van der Waals surface area contributed by atoms with E-state index < -0.39 is 15.8 Å². The average molecular weight is 538 g/mol. The molecule has 1 N–H and O–H groups in total. The van der Waals surface area contributed by atoms with Crippen molar-refractivity contribution < 1.29 is 22.7 Å². The molecule has 2 aromatic heterocycles. The fourth-order valence-electron chi connectivity index (χ4n) is 3.52. The summed E-state index contributed by atoms with van der Waals surface area (Å²) in [5, 5.41) is 3.07. The standard InChI is InChI=1S/C24H28ClN3O5S2/c1-5-33-21(29)12-19-22(25)34-24(26-19)27-23(30)20-11-17(10-15(2)3)14-28(20)13-16-6-8-18(9-7-16)35(4,31)32/h6-9,11,14-15H,5,10,12-13H2,1-4H3,(H,26,27,30). The number of nitrogens with zero attached hydrogens (tertiary/aromatic N) is 2. The van der Waals surface area contributed by atoms with Crippen molar-refractivity contribution in [2.24, 2.45) is 5.92 Å². The number of aromatic nitrogens is 2. The van der Waals surface area contributed by atoms with Crippen molar-refractivity contribution in [1.29, 1.82) is 0 Å². The van der Waals surface area contributed by atoms with Crippen molar-refractivity contribution in [2.75, 3.05) is 18.2 Å². The molecule has 3 rings (SSSR count). The summed E-state index contributed by atoms with van der Waals surface area (Å²) >= 11 is 7.29. The van der Waals surface area contributed by atoms with E-state index in [2.05, 4.69) is 24.1 Å². The zero-order valence-electron chi connectivity index (χ0n) is 20.0. The van der Waals surface area contributed by atoms with E-state index >= 15 is 0 Å². The van der Waals surface area contributed by atoms with E-state index in [1.807, 2.05) is 16.8 Å². The minimum atomic E-state index is -3.29. The molecule has 35 heavy (non-hydrogen) atoms. The molecule has 2 heterocycles. The number of sulfone groups is 1. The highest BCUT2D eigenvalue weighted by molar-refractivity contribution is 7.90. The van der Waals surface area contributed by atoms with Crippen LogP contribution < -0.4 is 5.32 Å². The Hall–Kier alpha value is -2.69. The molecule has 11 heteroatoms. The van der Waals surface area contributed by atoms with E-state index in [1.54, 1.807) is 31.2 Å². The van der Waals surface area contributed by atoms with Gasteiger partial charge >= 0.3 is 5.97 Å². The largest absolute Gasteiger partial charge is 0.466 e. The number of anilines is 1. The molecule has 0 atom stereocenters. The Balaban J connectivity index is 1.83. The third-order valence-electron chi connectivity index (χ3n) is 5.02. The van der Waals surface area contributed by atoms with Crippen LogP contribution in [0.5, 0.6) is 0 Å². The number of benzene rings is 1. The molecule has 0 radical (unpaired) electrons. The first-order chi connectivity index (χ1) is 16.5. The Morgan fingerprint density at radius 2 is 1.89 bits per heavy atom. The number of hydrogen-bond acceptors (Lipinski definition) is 7. The summed E-state index contributed by atoms with van der Waals surface area (Å²) in [5.41, 5.74) is 2.66. The second-order valence-corrected chi connectivity index (χ2v) is 12.2. The van der Waals surface area contributed by atoms with Crippen LogP contribution in [0, 0.1) is 5.92 Å². The Morgan fingerprint density at radius 3 is 2.49 bits per heavy atom. The van der Waals surface area contributed by atoms with Gasteiger partial charge in [-0.25, -0.2) is 13.4 Å². The lowest BCUT2D eigenvalue weighted by Gasteiger charge is -2.09. The van der Waals surface area contributed by atoms with Crippen LogP contribution in [0.3, 0.4) is 0 Å². The maximum Gasteiger partial charge on any atom is 0.311 e. The molecule has 1 aromatic carbocycles. The summed E-state index contributed by atoms with van der Waals surface area (Å²) in [7, 11) is -3.29. The third kappa shape index (κ3) is 7.39. The van der Waals surface area contributed by atoms with Crippen LogP contribution in [0.15, 0.2) is 41.4 Å². The van der Waals surface area contributed by atoms with E-state index in [4.69, 9.17) is 16.3 Å². The first-order valence-electron chi connectivity index (χ1n) is 11.1. The quantitative estimate of drug-likeness (QED) is 0.378. The van der Waals surface area contributed by atoms with Crippen LogP contribution in [0.1, 0.15) is 48.1 Å². The van der Waals surface area contributed by atoms with Crippen molar-refractivity contribution in [3.8, 4) is 0 Å². The molecular weight excluding hydrogens is 510 g/mol. The Bertz CT molecular complexity index is 1310. The molecule has 0 aliphatic carbocycles. The van der Waals surface area contributed by atoms with E-state index in [9.17, 15) is 18.0 Å². The summed E-state index contributed by atoms with van der Waals surface area (Å²) in [6, 6.07) is 8.44. The highest BCUT2D eigenvalue weighted by atomic mass is 35.5. The second kappa shape index (κ2) is 11.4. The number of esters is 1. The molecule has 0 fully saturated rings. The SMILES string of the molecule is CCOC(=O)Cc1nc(NC(=O)c2cc(CC(C)C)cn2Cc2ccc(S(C)(=O)=O)cc2)sc1Cl. The predicted molar refractivity (Wildman–Crippen MR) is 137 cm³/mol. The van der Waals surface area contributed by atoms with E-state index in [-0.39, 0.29) is 29.0 Å². The van der Waals surface area contributed by atoms with Gasteiger partial charge in [0, 0.05) is 19.0 Å². The van der Waals surface area contributed by atoms with Gasteiger partial charge in [-0.05, 0) is 48.6 Å². The van der Waals surface area contributed by atoms with Crippen LogP contribution in [-0.2, 0) is 38.8 Å². The normalized spacial score (nSPS) is 11.6. The number of hydrogen-bond donors (Lipinski definition) is 1. The molecule has 188 valence electrons. The number of carbonyl (C=O) groups is 2. The maximum atomic E-state index is 13.2. The molecule has 0 saturated carbocycles. The van der Waals surface area contributed by atoms with Crippen LogP contribution in [0.4, 0.5) is 5.13 Å². The molecule has 1 amide bonds. The number of amides is 1. The van der Waals surface area contributed by atoms with Gasteiger partial charge in [0.15, 0.2) is 15.0 Å². The fourth-order valence-corrected chi connectivity index (χ4v) is 5.18. The van der Waals surface area contributed by atoms with Gasteiger partial charge in [-0.3, -0.25) is 14.9 Å². The van der Waals surface area contributed by atoms with Crippen LogP contribution in [0.2, 0.25) is 4.34 Å². The van der Waals surface area contributed by atoms with Crippen molar-refractivity contribution in [2.45, 2.75) is 45.1 Å². The summed E-state index contributed by atoms with van der Waals surface area (Å²) in [4.78, 5) is 29.5. The molecule has 0 aliphatic heterocycles. The van der Waals surface area contributed by atoms with Gasteiger partial charge < -0.3 is 9.30 Å². The predicted octanol–water partition coefficient (Wildman–Crippen LogP) is 4.61. The highest BCUT2D eigenvalue weighted by Gasteiger charge is 2.19. The Kier molecular flexibility index (Phi) is 8.74. The zero-order chi connectivity index (χ0) is 25.8. The van der Waals surface area contributed by atoms with Crippen LogP contribution in [0.25, 0.3) is 0 Å². The molecule has 3 aromatic rings. The minimum Gasteiger partial charge on any atom is -0.466 e. The van der Waals surface area contributed by atoms with Gasteiger partial charge in [-0.15, -0.1) is 0 Å². The van der Waals surface area contributed by atoms with Gasteiger partial charge in [0.25, 0.3) is 5.91 Å². The van der Waals surface area contributed by atoms with Crippen LogP contribution >= 0.6 is 22.9 Å². The minimum absolute atomic E-state index is 0.0720. The average Bonchev–Trinajstić information content (AvgIpc) is 3.30. The number of carbonyl (C=O) groups excluding carboxylic acids is 2. The lowest BCUT2D eigenvalue weighted by Crippen LogP contribution is -2.17. The van der Waals surface area contributed by atoms with Crippen molar-refractivity contribution in [3.63, 3.8) is 0 Å². The number of thiazole rings is 1. The summed E-state index contributed by atoms with van der Waals surface area (Å²) in [6.45, 7) is 6.57. The van der Waals surface area contributed by atoms with Gasteiger partial charge in [0.05, 0.1) is 23.6 Å². The molecular formula is C24H28ClN3O5S2. The van der Waals surface area contributed by atoms with Crippen molar-refractivity contribution in [1.82, 2.24) is 9.55 Å². The Morgan fingerprint density at radius 1 is 1.20 bits per heavy atom. The van der Waals surface area contributed by atoms with Gasteiger partial charge in [-0.1, -0.05) is 48.9 Å². The molecule has 0 saturated heterocycles. The fraction of sp³-hybridized carbons (Fsp3) is 0.375. The first-order valence-corrected chi connectivity index (χ1v) is 14.1. The third-order valence-corrected chi connectivity index (χ3v) is 7.40. The van der Waals surface area contributed by atoms with E-state index in [1.165, 1.54) is 0 Å². The molecule has 0 aliphatic rings. The lowest BCUT2D eigenvalue weighted by atomic mass is 10.1. The number of halogens is 1. The number of nitrogens with one attached hydrogen (secondary N) is 1. The summed E-state index contributed by atoms with van der Waals surface area (Å²) in [6.07, 6.45) is 3.82. The topological polar surface area (TPSA) is 107 Å².